The number of nitrogens with two attached hydrogens (primary N) is 1. The molecule has 0 saturated carbocycles. The summed E-state index contributed by atoms with van der Waals surface area (Å²) < 4.78 is 1.70. The third-order valence-electron chi connectivity index (χ3n) is 7.00. The Balaban J connectivity index is 1.55. The Morgan fingerprint density at radius 2 is 1.97 bits per heavy atom. The van der Waals surface area contributed by atoms with E-state index >= 15 is 0 Å². The summed E-state index contributed by atoms with van der Waals surface area (Å²) in [6.45, 7) is 5.66. The number of anilines is 1. The average Bonchev–Trinajstić information content (AvgIpc) is 3.54. The number of hydrogen-bond acceptors (Lipinski definition) is 7. The first-order valence-corrected chi connectivity index (χ1v) is 12.0. The van der Waals surface area contributed by atoms with Crippen LogP contribution >= 0.6 is 0 Å². The van der Waals surface area contributed by atoms with Gasteiger partial charge in [0.25, 0.3) is 0 Å². The van der Waals surface area contributed by atoms with Crippen LogP contribution in [0.3, 0.4) is 0 Å². The Morgan fingerprint density at radius 3 is 2.57 bits per heavy atom. The molecular weight excluding hydrogens is 444 g/mol. The second kappa shape index (κ2) is 9.10. The summed E-state index contributed by atoms with van der Waals surface area (Å²) in [5.41, 5.74) is 11.8. The standard InChI is InChI=1S/C25H30N8O2/c1-4-18-22(17-9-14(2)32(15(3)10-17)21(35)13-34)31-25-19(12-30-33(25)23(18)26)16-5-6-20(29-11-16)24-27-7-8-28-24/h5-8,11-12,14-15,17,34H,4,9-10,13,26H2,1-3H3,(H,27,28)/t14-,15?,17-/m0/s1. The Morgan fingerprint density at radius 1 is 1.20 bits per heavy atom. The Hall–Kier alpha value is -3.79. The second-order valence-electron chi connectivity index (χ2n) is 9.20. The topological polar surface area (TPSA) is 138 Å². The molecular formula is C25H30N8O2. The molecule has 4 aromatic rings. The van der Waals surface area contributed by atoms with Crippen LogP contribution in [0.4, 0.5) is 5.82 Å². The van der Waals surface area contributed by atoms with Gasteiger partial charge in [-0.1, -0.05) is 13.0 Å². The number of nitrogens with one attached hydrogen (secondary N) is 1. The smallest absolute Gasteiger partial charge is 0.248 e. The molecule has 35 heavy (non-hydrogen) atoms. The minimum Gasteiger partial charge on any atom is -0.387 e. The first-order chi connectivity index (χ1) is 16.9. The van der Waals surface area contributed by atoms with Crippen LogP contribution in [-0.2, 0) is 11.2 Å². The predicted molar refractivity (Wildman–Crippen MR) is 132 cm³/mol. The lowest BCUT2D eigenvalue weighted by Gasteiger charge is -2.42. The van der Waals surface area contributed by atoms with E-state index in [4.69, 9.17) is 10.7 Å². The van der Waals surface area contributed by atoms with E-state index in [-0.39, 0.29) is 23.9 Å². The number of rotatable bonds is 5. The van der Waals surface area contributed by atoms with Crippen LogP contribution in [0.2, 0.25) is 0 Å². The zero-order valence-electron chi connectivity index (χ0n) is 20.1. The van der Waals surface area contributed by atoms with Crippen LogP contribution in [0.25, 0.3) is 28.3 Å². The molecule has 0 radical (unpaired) electrons. The Bertz CT molecular complexity index is 1330. The molecule has 10 heteroatoms. The summed E-state index contributed by atoms with van der Waals surface area (Å²) in [7, 11) is 0. The minimum atomic E-state index is -0.470. The van der Waals surface area contributed by atoms with Gasteiger partial charge in [-0.15, -0.1) is 0 Å². The molecule has 0 spiro atoms. The number of aliphatic hydroxyl groups excluding tert-OH is 1. The van der Waals surface area contributed by atoms with Crippen LogP contribution in [0.5, 0.6) is 0 Å². The van der Waals surface area contributed by atoms with E-state index in [0.29, 0.717) is 17.3 Å². The van der Waals surface area contributed by atoms with Gasteiger partial charge in [0.15, 0.2) is 11.5 Å². The lowest BCUT2D eigenvalue weighted by molar-refractivity contribution is -0.140. The van der Waals surface area contributed by atoms with Gasteiger partial charge in [-0.3, -0.25) is 9.78 Å². The summed E-state index contributed by atoms with van der Waals surface area (Å²) in [6.07, 6.45) is 9.28. The number of hydrogen-bond donors (Lipinski definition) is 3. The molecule has 182 valence electrons. The molecule has 3 atom stereocenters. The van der Waals surface area contributed by atoms with Gasteiger partial charge in [0.1, 0.15) is 18.1 Å². The third-order valence-corrected chi connectivity index (χ3v) is 7.00. The molecule has 1 saturated heterocycles. The zero-order chi connectivity index (χ0) is 24.7. The fourth-order valence-corrected chi connectivity index (χ4v) is 5.45. The Labute approximate surface area is 203 Å². The van der Waals surface area contributed by atoms with E-state index in [1.165, 1.54) is 0 Å². The maximum absolute atomic E-state index is 12.3. The SMILES string of the molecule is CCc1c([C@@H]2CC(C)N(C(=O)CO)[C@@H](C)C2)nc2c(-c3ccc(-c4ncc[nH]4)nc3)cnn2c1N. The molecule has 0 aliphatic carbocycles. The van der Waals surface area contributed by atoms with Crippen molar-refractivity contribution in [2.75, 3.05) is 12.3 Å². The van der Waals surface area contributed by atoms with Crippen molar-refractivity contribution >= 4 is 17.4 Å². The van der Waals surface area contributed by atoms with Crippen molar-refractivity contribution in [1.29, 1.82) is 0 Å². The number of aliphatic hydroxyl groups is 1. The quantitative estimate of drug-likeness (QED) is 0.404. The number of likely N-dealkylation sites (tertiary alicyclic amines) is 1. The van der Waals surface area contributed by atoms with Crippen molar-refractivity contribution in [2.24, 2.45) is 0 Å². The van der Waals surface area contributed by atoms with Gasteiger partial charge in [0.2, 0.25) is 5.91 Å². The lowest BCUT2D eigenvalue weighted by Crippen LogP contribution is -2.50. The van der Waals surface area contributed by atoms with Crippen LogP contribution in [0, 0.1) is 0 Å². The van der Waals surface area contributed by atoms with Gasteiger partial charge in [-0.25, -0.2) is 9.97 Å². The fraction of sp³-hybridized carbons (Fsp3) is 0.400. The minimum absolute atomic E-state index is 0.00455. The first-order valence-electron chi connectivity index (χ1n) is 12.0. The lowest BCUT2D eigenvalue weighted by atomic mass is 9.82. The normalized spacial score (nSPS) is 20.5. The van der Waals surface area contributed by atoms with Gasteiger partial charge in [0.05, 0.1) is 11.9 Å². The second-order valence-corrected chi connectivity index (χ2v) is 9.20. The first kappa shape index (κ1) is 23.0. The van der Waals surface area contributed by atoms with E-state index in [1.807, 2.05) is 26.0 Å². The molecule has 1 amide bonds. The van der Waals surface area contributed by atoms with E-state index in [0.717, 1.165) is 47.3 Å². The number of aromatic amines is 1. The fourth-order valence-electron chi connectivity index (χ4n) is 5.45. The predicted octanol–water partition coefficient (Wildman–Crippen LogP) is 2.80. The maximum Gasteiger partial charge on any atom is 0.248 e. The van der Waals surface area contributed by atoms with Crippen molar-refractivity contribution in [2.45, 2.75) is 58.0 Å². The highest BCUT2D eigenvalue weighted by molar-refractivity contribution is 5.79. The van der Waals surface area contributed by atoms with Crippen LogP contribution in [0.1, 0.15) is 50.8 Å². The molecule has 0 bridgehead atoms. The van der Waals surface area contributed by atoms with Crippen molar-refractivity contribution in [3.05, 3.63) is 48.2 Å². The third kappa shape index (κ3) is 3.93. The van der Waals surface area contributed by atoms with Crippen molar-refractivity contribution < 1.29 is 9.90 Å². The van der Waals surface area contributed by atoms with Gasteiger partial charge in [-0.05, 0) is 39.2 Å². The van der Waals surface area contributed by atoms with Gasteiger partial charge in [-0.2, -0.15) is 9.61 Å². The van der Waals surface area contributed by atoms with Gasteiger partial charge in [0, 0.05) is 53.3 Å². The number of nitrogens with zero attached hydrogens (tertiary/aromatic N) is 6. The molecule has 10 nitrogen and oxygen atoms in total. The molecule has 1 unspecified atom stereocenters. The van der Waals surface area contributed by atoms with Gasteiger partial charge < -0.3 is 20.7 Å². The number of imidazole rings is 1. The highest BCUT2D eigenvalue weighted by Crippen LogP contribution is 2.38. The number of piperidine rings is 1. The number of carbonyl (C=O) groups excluding carboxylic acids is 1. The van der Waals surface area contributed by atoms with E-state index in [9.17, 15) is 9.90 Å². The Kier molecular flexibility index (Phi) is 5.98. The van der Waals surface area contributed by atoms with E-state index in [2.05, 4.69) is 27.0 Å². The summed E-state index contributed by atoms with van der Waals surface area (Å²) in [5, 5.41) is 13.9. The van der Waals surface area contributed by atoms with Crippen LogP contribution in [-0.4, -0.2) is 64.2 Å². The largest absolute Gasteiger partial charge is 0.387 e. The number of aromatic nitrogens is 6. The monoisotopic (exact) mass is 474 g/mol. The van der Waals surface area contributed by atoms with Crippen molar-refractivity contribution in [3.63, 3.8) is 0 Å². The number of carbonyl (C=O) groups is 1. The number of fused-ring (bicyclic) bond motifs is 1. The van der Waals surface area contributed by atoms with Gasteiger partial charge >= 0.3 is 0 Å². The highest BCUT2D eigenvalue weighted by atomic mass is 16.3. The number of amides is 1. The summed E-state index contributed by atoms with van der Waals surface area (Å²) in [6, 6.07) is 3.89. The number of nitrogen functional groups attached to an aromatic ring is 1. The van der Waals surface area contributed by atoms with E-state index in [1.54, 1.807) is 34.2 Å². The molecule has 5 heterocycles. The van der Waals surface area contributed by atoms with Crippen LogP contribution in [0.15, 0.2) is 36.9 Å². The number of H-pyrrole nitrogens is 1. The summed E-state index contributed by atoms with van der Waals surface area (Å²) in [5.74, 6) is 1.22. The number of pyridine rings is 1. The summed E-state index contributed by atoms with van der Waals surface area (Å²) in [4.78, 5) is 31.1. The van der Waals surface area contributed by atoms with Crippen molar-refractivity contribution in [1.82, 2.24) is 34.4 Å². The molecule has 5 rings (SSSR count). The maximum atomic E-state index is 12.3. The molecule has 1 aliphatic rings. The molecule has 0 aromatic carbocycles. The zero-order valence-corrected chi connectivity index (χ0v) is 20.1. The highest BCUT2D eigenvalue weighted by Gasteiger charge is 2.36. The van der Waals surface area contributed by atoms with Crippen molar-refractivity contribution in [3.8, 4) is 22.6 Å². The van der Waals surface area contributed by atoms with E-state index < -0.39 is 6.61 Å². The molecule has 4 N–H and O–H groups in total. The molecule has 4 aromatic heterocycles. The average molecular weight is 475 g/mol. The summed E-state index contributed by atoms with van der Waals surface area (Å²) >= 11 is 0. The van der Waals surface area contributed by atoms with Crippen LogP contribution < -0.4 is 5.73 Å². The molecule has 1 fully saturated rings. The molecule has 1 aliphatic heterocycles.